The summed E-state index contributed by atoms with van der Waals surface area (Å²) in [5, 5.41) is 8.84. The third kappa shape index (κ3) is 1.69. The van der Waals surface area contributed by atoms with Gasteiger partial charge in [-0.3, -0.25) is 4.98 Å². The Kier molecular flexibility index (Phi) is 2.48. The summed E-state index contributed by atoms with van der Waals surface area (Å²) in [6.45, 7) is 3.91. The lowest BCUT2D eigenvalue weighted by Crippen LogP contribution is -1.96. The largest absolute Gasteiger partial charge is 0.477 e. The van der Waals surface area contributed by atoms with Crippen LogP contribution in [0.5, 0.6) is 0 Å². The van der Waals surface area contributed by atoms with E-state index in [9.17, 15) is 4.79 Å². The minimum atomic E-state index is -0.949. The highest BCUT2D eigenvalue weighted by Gasteiger charge is 2.10. The first-order valence-electron chi connectivity index (χ1n) is 4.93. The van der Waals surface area contributed by atoms with Crippen molar-refractivity contribution in [2.45, 2.75) is 13.8 Å². The lowest BCUT2D eigenvalue weighted by Gasteiger charge is -2.06. The summed E-state index contributed by atoms with van der Waals surface area (Å²) in [7, 11) is 0. The summed E-state index contributed by atoms with van der Waals surface area (Å²) in [5.41, 5.74) is 4.08. The number of aromatic carboxylic acids is 1. The minimum absolute atomic E-state index is 0.200. The maximum Gasteiger partial charge on any atom is 0.352 e. The molecule has 0 aliphatic carbocycles. The number of aromatic nitrogens is 2. The van der Waals surface area contributed by atoms with E-state index >= 15 is 0 Å². The summed E-state index contributed by atoms with van der Waals surface area (Å²) >= 11 is 0. The van der Waals surface area contributed by atoms with Gasteiger partial charge in [-0.1, -0.05) is 0 Å². The third-order valence-corrected chi connectivity index (χ3v) is 2.51. The Morgan fingerprint density at radius 3 is 2.38 bits per heavy atom. The van der Waals surface area contributed by atoms with Gasteiger partial charge in [0, 0.05) is 23.7 Å². The quantitative estimate of drug-likeness (QED) is 0.810. The second kappa shape index (κ2) is 3.81. The molecule has 0 unspecified atom stereocenters. The molecular weight excluding hydrogens is 204 g/mol. The Morgan fingerprint density at radius 1 is 1.25 bits per heavy atom. The number of nitrogens with one attached hydrogen (secondary N) is 1. The SMILES string of the molecule is Cc1cncc(C)c1-c1ccc(C(=O)O)[nH]1. The van der Waals surface area contributed by atoms with Crippen LogP contribution in [-0.4, -0.2) is 21.0 Å². The van der Waals surface area contributed by atoms with E-state index in [1.807, 2.05) is 13.8 Å². The zero-order valence-corrected chi connectivity index (χ0v) is 9.11. The van der Waals surface area contributed by atoms with Crippen molar-refractivity contribution >= 4 is 5.97 Å². The molecule has 4 nitrogen and oxygen atoms in total. The highest BCUT2D eigenvalue weighted by molar-refractivity contribution is 5.87. The molecule has 16 heavy (non-hydrogen) atoms. The number of H-pyrrole nitrogens is 1. The van der Waals surface area contributed by atoms with Gasteiger partial charge in [0.15, 0.2) is 0 Å². The Labute approximate surface area is 93.0 Å². The monoisotopic (exact) mass is 216 g/mol. The molecular formula is C12H12N2O2. The molecule has 0 aliphatic heterocycles. The second-order valence-electron chi connectivity index (χ2n) is 3.74. The van der Waals surface area contributed by atoms with Crippen LogP contribution in [-0.2, 0) is 0 Å². The van der Waals surface area contributed by atoms with Crippen molar-refractivity contribution in [1.29, 1.82) is 0 Å². The summed E-state index contributed by atoms with van der Waals surface area (Å²) < 4.78 is 0. The van der Waals surface area contributed by atoms with E-state index in [0.717, 1.165) is 22.4 Å². The first kappa shape index (κ1) is 10.4. The van der Waals surface area contributed by atoms with Crippen molar-refractivity contribution < 1.29 is 9.90 Å². The maximum absolute atomic E-state index is 10.8. The average molecular weight is 216 g/mol. The Morgan fingerprint density at radius 2 is 1.88 bits per heavy atom. The molecule has 82 valence electrons. The van der Waals surface area contributed by atoms with Crippen molar-refractivity contribution in [1.82, 2.24) is 9.97 Å². The fourth-order valence-electron chi connectivity index (χ4n) is 1.79. The van der Waals surface area contributed by atoms with E-state index < -0.39 is 5.97 Å². The number of aromatic amines is 1. The molecule has 2 aromatic heterocycles. The highest BCUT2D eigenvalue weighted by atomic mass is 16.4. The zero-order valence-electron chi connectivity index (χ0n) is 9.11. The van der Waals surface area contributed by atoms with Crippen LogP contribution in [0.1, 0.15) is 21.6 Å². The van der Waals surface area contributed by atoms with Crippen LogP contribution in [0.2, 0.25) is 0 Å². The van der Waals surface area contributed by atoms with E-state index in [0.29, 0.717) is 0 Å². The number of carbonyl (C=O) groups is 1. The molecule has 4 heteroatoms. The molecule has 2 rings (SSSR count). The third-order valence-electron chi connectivity index (χ3n) is 2.51. The van der Waals surface area contributed by atoms with Crippen molar-refractivity contribution in [3.8, 4) is 11.3 Å². The van der Waals surface area contributed by atoms with Crippen molar-refractivity contribution in [2.75, 3.05) is 0 Å². The van der Waals surface area contributed by atoms with Gasteiger partial charge >= 0.3 is 5.97 Å². The van der Waals surface area contributed by atoms with Crippen molar-refractivity contribution in [2.24, 2.45) is 0 Å². The lowest BCUT2D eigenvalue weighted by atomic mass is 10.0. The van der Waals surface area contributed by atoms with Gasteiger partial charge in [0.2, 0.25) is 0 Å². The smallest absolute Gasteiger partial charge is 0.352 e. The summed E-state index contributed by atoms with van der Waals surface area (Å²) in [6.07, 6.45) is 3.53. The molecule has 0 aliphatic rings. The van der Waals surface area contributed by atoms with Gasteiger partial charge in [0.05, 0.1) is 0 Å². The number of carboxylic acids is 1. The average Bonchev–Trinajstić information content (AvgIpc) is 2.66. The van der Waals surface area contributed by atoms with Crippen molar-refractivity contribution in [3.63, 3.8) is 0 Å². The number of carboxylic acid groups (broad SMARTS) is 1. The van der Waals surface area contributed by atoms with Crippen LogP contribution in [0.4, 0.5) is 0 Å². The maximum atomic E-state index is 10.8. The highest BCUT2D eigenvalue weighted by Crippen LogP contribution is 2.25. The zero-order chi connectivity index (χ0) is 11.7. The van der Waals surface area contributed by atoms with Crippen LogP contribution in [0.25, 0.3) is 11.3 Å². The van der Waals surface area contributed by atoms with Gasteiger partial charge < -0.3 is 10.1 Å². The number of rotatable bonds is 2. The van der Waals surface area contributed by atoms with Crippen LogP contribution in [0.15, 0.2) is 24.5 Å². The van der Waals surface area contributed by atoms with Crippen LogP contribution in [0.3, 0.4) is 0 Å². The van der Waals surface area contributed by atoms with E-state index in [4.69, 9.17) is 5.11 Å². The van der Waals surface area contributed by atoms with Gasteiger partial charge in [-0.15, -0.1) is 0 Å². The van der Waals surface area contributed by atoms with E-state index in [2.05, 4.69) is 9.97 Å². The first-order chi connectivity index (χ1) is 7.59. The molecule has 0 amide bonds. The lowest BCUT2D eigenvalue weighted by molar-refractivity contribution is 0.0691. The number of aryl methyl sites for hydroxylation is 2. The molecule has 0 radical (unpaired) electrons. The van der Waals surface area contributed by atoms with Gasteiger partial charge in [-0.25, -0.2) is 4.79 Å². The van der Waals surface area contributed by atoms with E-state index in [1.165, 1.54) is 0 Å². The standard InChI is InChI=1S/C12H12N2O2/c1-7-5-13-6-8(2)11(7)9-3-4-10(14-9)12(15)16/h3-6,14H,1-2H3,(H,15,16). The second-order valence-corrected chi connectivity index (χ2v) is 3.74. The normalized spacial score (nSPS) is 10.4. The molecule has 2 aromatic rings. The summed E-state index contributed by atoms with van der Waals surface area (Å²) in [5.74, 6) is -0.949. The molecule has 0 aromatic carbocycles. The minimum Gasteiger partial charge on any atom is -0.477 e. The number of nitrogens with zero attached hydrogens (tertiary/aromatic N) is 1. The van der Waals surface area contributed by atoms with Gasteiger partial charge in [0.25, 0.3) is 0 Å². The predicted molar refractivity (Wildman–Crippen MR) is 60.5 cm³/mol. The van der Waals surface area contributed by atoms with Gasteiger partial charge in [-0.05, 0) is 37.1 Å². The van der Waals surface area contributed by atoms with Crippen LogP contribution in [0, 0.1) is 13.8 Å². The van der Waals surface area contributed by atoms with Gasteiger partial charge in [-0.2, -0.15) is 0 Å². The van der Waals surface area contributed by atoms with E-state index in [1.54, 1.807) is 24.5 Å². The van der Waals surface area contributed by atoms with E-state index in [-0.39, 0.29) is 5.69 Å². The summed E-state index contributed by atoms with van der Waals surface area (Å²) in [4.78, 5) is 17.7. The van der Waals surface area contributed by atoms with Gasteiger partial charge in [0.1, 0.15) is 5.69 Å². The fraction of sp³-hybridized carbons (Fsp3) is 0.167. The van der Waals surface area contributed by atoms with Crippen molar-refractivity contribution in [3.05, 3.63) is 41.3 Å². The fourth-order valence-corrected chi connectivity index (χ4v) is 1.79. The first-order valence-corrected chi connectivity index (χ1v) is 4.93. The molecule has 2 N–H and O–H groups in total. The predicted octanol–water partition coefficient (Wildman–Crippen LogP) is 2.39. The molecule has 0 bridgehead atoms. The number of pyridine rings is 1. The van der Waals surface area contributed by atoms with Crippen LogP contribution >= 0.6 is 0 Å². The molecule has 0 saturated carbocycles. The molecule has 0 saturated heterocycles. The molecule has 2 heterocycles. The Balaban J connectivity index is 2.54. The number of hydrogen-bond donors (Lipinski definition) is 2. The molecule has 0 atom stereocenters. The topological polar surface area (TPSA) is 66.0 Å². The molecule has 0 fully saturated rings. The molecule has 0 spiro atoms. The number of hydrogen-bond acceptors (Lipinski definition) is 2. The Hall–Kier alpha value is -2.10. The Bertz CT molecular complexity index is 523. The summed E-state index contributed by atoms with van der Waals surface area (Å²) in [6, 6.07) is 3.34. The van der Waals surface area contributed by atoms with Crippen LogP contribution < -0.4 is 0 Å².